The smallest absolute Gasteiger partial charge is 0.326 e. The number of nitrogens with one attached hydrogen (secondary N) is 1. The van der Waals surface area contributed by atoms with Crippen LogP contribution in [0.3, 0.4) is 0 Å². The van der Waals surface area contributed by atoms with Gasteiger partial charge in [-0.1, -0.05) is 11.6 Å². The predicted octanol–water partition coefficient (Wildman–Crippen LogP) is 2.62. The third-order valence-corrected chi connectivity index (χ3v) is 4.81. The van der Waals surface area contributed by atoms with Crippen LogP contribution in [0, 0.1) is 6.92 Å². The first-order chi connectivity index (χ1) is 10.0. The van der Waals surface area contributed by atoms with Crippen LogP contribution in [0.2, 0.25) is 5.02 Å². The van der Waals surface area contributed by atoms with Crippen molar-refractivity contribution < 1.29 is 9.53 Å². The third kappa shape index (κ3) is 2.94. The van der Waals surface area contributed by atoms with Crippen molar-refractivity contribution in [3.05, 3.63) is 16.9 Å². The van der Waals surface area contributed by atoms with Gasteiger partial charge in [0.25, 0.3) is 0 Å². The highest BCUT2D eigenvalue weighted by Crippen LogP contribution is 2.41. The summed E-state index contributed by atoms with van der Waals surface area (Å²) in [5.74, 6) is -0.116. The second-order valence-corrected chi connectivity index (χ2v) is 6.57. The summed E-state index contributed by atoms with van der Waals surface area (Å²) in [6, 6.07) is 0.669. The molecule has 6 heteroatoms. The summed E-state index contributed by atoms with van der Waals surface area (Å²) >= 11 is 6.09. The fourth-order valence-corrected chi connectivity index (χ4v) is 3.29. The number of ether oxygens (including phenoxy) is 1. The van der Waals surface area contributed by atoms with E-state index >= 15 is 0 Å². The average molecular weight is 312 g/mol. The Hall–Kier alpha value is -1.07. The number of hydrogen-bond donors (Lipinski definition) is 1. The van der Waals surface area contributed by atoms with E-state index in [0.29, 0.717) is 17.7 Å². The summed E-state index contributed by atoms with van der Waals surface area (Å²) < 4.78 is 7.22. The summed E-state index contributed by atoms with van der Waals surface area (Å²) in [7, 11) is 0. The third-order valence-electron chi connectivity index (χ3n) is 4.44. The molecule has 0 radical (unpaired) electrons. The van der Waals surface area contributed by atoms with E-state index in [4.69, 9.17) is 16.3 Å². The van der Waals surface area contributed by atoms with Crippen molar-refractivity contribution in [1.29, 1.82) is 0 Å². The van der Waals surface area contributed by atoms with Crippen LogP contribution in [-0.2, 0) is 9.53 Å². The number of esters is 1. The fraction of sp³-hybridized carbons (Fsp3) is 0.733. The lowest BCUT2D eigenvalue weighted by molar-refractivity contribution is -0.151. The first-order valence-corrected chi connectivity index (χ1v) is 8.08. The number of carbonyl (C=O) groups excluding carboxylic acids is 1. The topological polar surface area (TPSA) is 56.1 Å². The van der Waals surface area contributed by atoms with E-state index in [1.165, 1.54) is 0 Å². The molecular weight excluding hydrogens is 290 g/mol. The molecule has 1 N–H and O–H groups in total. The molecule has 2 saturated carbocycles. The molecule has 2 atom stereocenters. The van der Waals surface area contributed by atoms with Crippen molar-refractivity contribution in [2.45, 2.75) is 63.6 Å². The largest absolute Gasteiger partial charge is 0.465 e. The fourth-order valence-electron chi connectivity index (χ4n) is 3.15. The molecule has 0 amide bonds. The van der Waals surface area contributed by atoms with Gasteiger partial charge in [-0.2, -0.15) is 5.10 Å². The number of nitrogens with zero attached hydrogens (tertiary/aromatic N) is 2. The number of carbonyl (C=O) groups is 1. The van der Waals surface area contributed by atoms with E-state index in [2.05, 4.69) is 10.4 Å². The molecule has 0 aliphatic heterocycles. The second kappa shape index (κ2) is 5.61. The molecule has 0 spiro atoms. The lowest BCUT2D eigenvalue weighted by atomic mass is 9.97. The van der Waals surface area contributed by atoms with Crippen molar-refractivity contribution >= 4 is 17.6 Å². The SMILES string of the molecule is CCOC(=O)C1(NC2CC2)CCC(n2cc(Cl)c(C)n2)C1. The summed E-state index contributed by atoms with van der Waals surface area (Å²) in [4.78, 5) is 12.4. The highest BCUT2D eigenvalue weighted by atomic mass is 35.5. The maximum absolute atomic E-state index is 12.4. The van der Waals surface area contributed by atoms with Crippen LogP contribution in [0.1, 0.15) is 50.8 Å². The number of halogens is 1. The summed E-state index contributed by atoms with van der Waals surface area (Å²) in [5, 5.41) is 8.67. The van der Waals surface area contributed by atoms with Crippen LogP contribution in [0.15, 0.2) is 6.20 Å². The summed E-state index contributed by atoms with van der Waals surface area (Å²) in [6.45, 7) is 4.17. The quantitative estimate of drug-likeness (QED) is 0.849. The number of rotatable bonds is 5. The molecule has 116 valence electrons. The molecule has 2 aliphatic carbocycles. The Labute approximate surface area is 130 Å². The van der Waals surface area contributed by atoms with Crippen molar-refractivity contribution in [2.75, 3.05) is 6.61 Å². The summed E-state index contributed by atoms with van der Waals surface area (Å²) in [6.07, 6.45) is 6.59. The number of aryl methyl sites for hydroxylation is 1. The maximum Gasteiger partial charge on any atom is 0.326 e. The molecule has 2 aliphatic rings. The molecule has 3 rings (SSSR count). The van der Waals surface area contributed by atoms with Crippen LogP contribution in [0.5, 0.6) is 0 Å². The molecule has 21 heavy (non-hydrogen) atoms. The molecule has 1 aromatic heterocycles. The van der Waals surface area contributed by atoms with Gasteiger partial charge < -0.3 is 4.74 Å². The van der Waals surface area contributed by atoms with Gasteiger partial charge in [0.1, 0.15) is 5.54 Å². The molecule has 1 heterocycles. The zero-order valence-corrected chi connectivity index (χ0v) is 13.3. The van der Waals surface area contributed by atoms with Crippen LogP contribution >= 0.6 is 11.6 Å². The van der Waals surface area contributed by atoms with Crippen LogP contribution in [0.25, 0.3) is 0 Å². The zero-order valence-electron chi connectivity index (χ0n) is 12.6. The number of hydrogen-bond acceptors (Lipinski definition) is 4. The van der Waals surface area contributed by atoms with Gasteiger partial charge in [-0.15, -0.1) is 0 Å². The zero-order chi connectivity index (χ0) is 15.0. The van der Waals surface area contributed by atoms with Crippen molar-refractivity contribution in [2.24, 2.45) is 0 Å². The van der Waals surface area contributed by atoms with Crippen molar-refractivity contribution in [3.8, 4) is 0 Å². The van der Waals surface area contributed by atoms with Crippen LogP contribution in [-0.4, -0.2) is 33.9 Å². The minimum Gasteiger partial charge on any atom is -0.465 e. The van der Waals surface area contributed by atoms with E-state index in [0.717, 1.165) is 37.8 Å². The molecule has 2 unspecified atom stereocenters. The maximum atomic E-state index is 12.4. The standard InChI is InChI=1S/C15H22ClN3O2/c1-3-21-14(20)15(17-11-4-5-11)7-6-12(8-15)19-9-13(16)10(2)18-19/h9,11-12,17H,3-8H2,1-2H3. The molecule has 0 bridgehead atoms. The van der Waals surface area contributed by atoms with Gasteiger partial charge in [-0.3, -0.25) is 14.8 Å². The normalized spacial score (nSPS) is 28.8. The Morgan fingerprint density at radius 2 is 2.33 bits per heavy atom. The van der Waals surface area contributed by atoms with E-state index in [1.807, 2.05) is 24.7 Å². The minimum absolute atomic E-state index is 0.116. The Morgan fingerprint density at radius 3 is 2.90 bits per heavy atom. The highest BCUT2D eigenvalue weighted by molar-refractivity contribution is 6.31. The molecule has 1 aromatic rings. The monoisotopic (exact) mass is 311 g/mol. The van der Waals surface area contributed by atoms with Gasteiger partial charge in [0.05, 0.1) is 23.4 Å². The van der Waals surface area contributed by atoms with Gasteiger partial charge in [-0.05, 0) is 46.0 Å². The molecular formula is C15H22ClN3O2. The van der Waals surface area contributed by atoms with Crippen LogP contribution in [0.4, 0.5) is 0 Å². The van der Waals surface area contributed by atoms with E-state index in [-0.39, 0.29) is 12.0 Å². The average Bonchev–Trinajstić information content (AvgIpc) is 3.04. The summed E-state index contributed by atoms with van der Waals surface area (Å²) in [5.41, 5.74) is 0.286. The first kappa shape index (κ1) is 14.9. The highest BCUT2D eigenvalue weighted by Gasteiger charge is 2.49. The van der Waals surface area contributed by atoms with Gasteiger partial charge in [0.2, 0.25) is 0 Å². The molecule has 0 saturated heterocycles. The predicted molar refractivity (Wildman–Crippen MR) is 80.4 cm³/mol. The molecule has 2 fully saturated rings. The minimum atomic E-state index is -0.547. The molecule has 0 aromatic carbocycles. The van der Waals surface area contributed by atoms with E-state index < -0.39 is 5.54 Å². The number of aromatic nitrogens is 2. The van der Waals surface area contributed by atoms with E-state index in [9.17, 15) is 4.79 Å². The van der Waals surface area contributed by atoms with Crippen molar-refractivity contribution in [3.63, 3.8) is 0 Å². The Balaban J connectivity index is 1.77. The lowest BCUT2D eigenvalue weighted by Crippen LogP contribution is -2.52. The van der Waals surface area contributed by atoms with Crippen LogP contribution < -0.4 is 5.32 Å². The van der Waals surface area contributed by atoms with Gasteiger partial charge in [0, 0.05) is 12.2 Å². The van der Waals surface area contributed by atoms with Gasteiger partial charge >= 0.3 is 5.97 Å². The second-order valence-electron chi connectivity index (χ2n) is 6.16. The lowest BCUT2D eigenvalue weighted by Gasteiger charge is -2.28. The first-order valence-electron chi connectivity index (χ1n) is 7.70. The Morgan fingerprint density at radius 1 is 1.57 bits per heavy atom. The Kier molecular flexibility index (Phi) is 3.97. The van der Waals surface area contributed by atoms with Crippen molar-refractivity contribution in [1.82, 2.24) is 15.1 Å². The molecule has 5 nitrogen and oxygen atoms in total. The van der Waals surface area contributed by atoms with E-state index in [1.54, 1.807) is 0 Å². The van der Waals surface area contributed by atoms with Gasteiger partial charge in [0.15, 0.2) is 0 Å². The Bertz CT molecular complexity index is 522. The van der Waals surface area contributed by atoms with Gasteiger partial charge in [-0.25, -0.2) is 0 Å².